The summed E-state index contributed by atoms with van der Waals surface area (Å²) in [5.41, 5.74) is 0. The SMILES string of the molecule is [CH2]OC1(Cl)C=CC=CN1. The first-order valence-electron chi connectivity index (χ1n) is 2.51. The summed E-state index contributed by atoms with van der Waals surface area (Å²) in [7, 11) is 3.20. The number of rotatable bonds is 1. The predicted molar refractivity (Wildman–Crippen MR) is 36.4 cm³/mol. The maximum atomic E-state index is 5.73. The summed E-state index contributed by atoms with van der Waals surface area (Å²) in [6.45, 7) is 0. The van der Waals surface area contributed by atoms with E-state index in [9.17, 15) is 0 Å². The fourth-order valence-corrected chi connectivity index (χ4v) is 0.670. The standard InChI is InChI=1S/C6H7ClNO/c1-9-6(7)4-2-3-5-8-6/h2-5,8H,1H2. The molecule has 0 bridgehead atoms. The maximum absolute atomic E-state index is 5.73. The largest absolute Gasteiger partial charge is 0.348 e. The molecule has 0 saturated heterocycles. The highest BCUT2D eigenvalue weighted by Gasteiger charge is 2.21. The molecule has 1 radical (unpaired) electrons. The van der Waals surface area contributed by atoms with E-state index in [4.69, 9.17) is 11.6 Å². The first kappa shape index (κ1) is 6.65. The van der Waals surface area contributed by atoms with Crippen molar-refractivity contribution in [1.82, 2.24) is 5.32 Å². The lowest BCUT2D eigenvalue weighted by molar-refractivity contribution is 0.120. The first-order valence-corrected chi connectivity index (χ1v) is 2.89. The second kappa shape index (κ2) is 2.42. The third-order valence-electron chi connectivity index (χ3n) is 1.01. The summed E-state index contributed by atoms with van der Waals surface area (Å²) >= 11 is 5.73. The van der Waals surface area contributed by atoms with E-state index in [1.807, 2.05) is 6.08 Å². The van der Waals surface area contributed by atoms with Gasteiger partial charge in [-0.2, -0.15) is 0 Å². The van der Waals surface area contributed by atoms with E-state index >= 15 is 0 Å². The van der Waals surface area contributed by atoms with E-state index in [0.29, 0.717) is 0 Å². The van der Waals surface area contributed by atoms with Crippen LogP contribution in [0.2, 0.25) is 0 Å². The molecule has 2 nitrogen and oxygen atoms in total. The lowest BCUT2D eigenvalue weighted by Gasteiger charge is -2.22. The minimum atomic E-state index is -0.936. The average molecular weight is 145 g/mol. The molecule has 9 heavy (non-hydrogen) atoms. The quantitative estimate of drug-likeness (QED) is 0.443. The number of dihydropyridines is 1. The Balaban J connectivity index is 2.63. The molecule has 0 spiro atoms. The highest BCUT2D eigenvalue weighted by atomic mass is 35.5. The first-order chi connectivity index (χ1) is 4.27. The summed E-state index contributed by atoms with van der Waals surface area (Å²) in [5, 5.41) is 1.82. The fourth-order valence-electron chi connectivity index (χ4n) is 0.535. The Morgan fingerprint density at radius 2 is 2.33 bits per heavy atom. The average Bonchev–Trinajstić information content (AvgIpc) is 1.90. The summed E-state index contributed by atoms with van der Waals surface area (Å²) in [6, 6.07) is 0. The summed E-state index contributed by atoms with van der Waals surface area (Å²) in [4.78, 5) is 0. The minimum Gasteiger partial charge on any atom is -0.348 e. The van der Waals surface area contributed by atoms with Gasteiger partial charge in [-0.3, -0.25) is 0 Å². The minimum absolute atomic E-state index is 0.936. The second-order valence-electron chi connectivity index (χ2n) is 1.65. The molecule has 0 aromatic carbocycles. The smallest absolute Gasteiger partial charge is 0.236 e. The van der Waals surface area contributed by atoms with Crippen molar-refractivity contribution < 1.29 is 4.74 Å². The second-order valence-corrected chi connectivity index (χ2v) is 2.21. The van der Waals surface area contributed by atoms with E-state index in [1.54, 1.807) is 18.4 Å². The van der Waals surface area contributed by atoms with Gasteiger partial charge in [0.05, 0.1) is 7.11 Å². The van der Waals surface area contributed by atoms with Crippen LogP contribution in [0, 0.1) is 7.11 Å². The number of hydrogen-bond acceptors (Lipinski definition) is 2. The van der Waals surface area contributed by atoms with Gasteiger partial charge in [-0.1, -0.05) is 17.7 Å². The Morgan fingerprint density at radius 1 is 1.56 bits per heavy atom. The third kappa shape index (κ3) is 1.47. The predicted octanol–water partition coefficient (Wildman–Crippen LogP) is 1.36. The van der Waals surface area contributed by atoms with Crippen LogP contribution in [-0.2, 0) is 4.74 Å². The molecule has 0 saturated carbocycles. The number of hydrogen-bond donors (Lipinski definition) is 1. The number of nitrogens with one attached hydrogen (secondary N) is 1. The number of halogens is 1. The molecule has 1 N–H and O–H groups in total. The Kier molecular flexibility index (Phi) is 1.78. The molecule has 0 amide bonds. The zero-order valence-corrected chi connectivity index (χ0v) is 5.56. The van der Waals surface area contributed by atoms with Gasteiger partial charge in [0.1, 0.15) is 0 Å². The summed E-state index contributed by atoms with van der Waals surface area (Å²) < 4.78 is 4.64. The van der Waals surface area contributed by atoms with Gasteiger partial charge >= 0.3 is 0 Å². The maximum Gasteiger partial charge on any atom is 0.236 e. The number of ether oxygens (including phenoxy) is 1. The van der Waals surface area contributed by atoms with Gasteiger partial charge in [0.2, 0.25) is 5.18 Å². The third-order valence-corrected chi connectivity index (χ3v) is 1.35. The lowest BCUT2D eigenvalue weighted by Crippen LogP contribution is -2.36. The van der Waals surface area contributed by atoms with E-state index in [0.717, 1.165) is 0 Å². The van der Waals surface area contributed by atoms with Crippen LogP contribution in [0.5, 0.6) is 0 Å². The van der Waals surface area contributed by atoms with Crippen LogP contribution in [-0.4, -0.2) is 5.18 Å². The number of alkyl halides is 1. The summed E-state index contributed by atoms with van der Waals surface area (Å²) in [5.74, 6) is 0. The van der Waals surface area contributed by atoms with Crippen LogP contribution in [0.25, 0.3) is 0 Å². The molecule has 0 aromatic rings. The van der Waals surface area contributed by atoms with Crippen LogP contribution in [0.1, 0.15) is 0 Å². The van der Waals surface area contributed by atoms with Gasteiger partial charge in [0.25, 0.3) is 0 Å². The van der Waals surface area contributed by atoms with E-state index in [2.05, 4.69) is 17.2 Å². The molecule has 1 aliphatic heterocycles. The van der Waals surface area contributed by atoms with Gasteiger partial charge in [-0.05, 0) is 12.2 Å². The normalized spacial score (nSPS) is 32.2. The molecule has 0 fully saturated rings. The molecule has 1 aliphatic rings. The molecular weight excluding hydrogens is 138 g/mol. The zero-order valence-electron chi connectivity index (χ0n) is 4.80. The molecule has 1 rings (SSSR count). The molecule has 49 valence electrons. The lowest BCUT2D eigenvalue weighted by atomic mass is 10.4. The molecule has 3 heteroatoms. The van der Waals surface area contributed by atoms with Crippen molar-refractivity contribution >= 4 is 11.6 Å². The van der Waals surface area contributed by atoms with Crippen molar-refractivity contribution in [3.8, 4) is 0 Å². The van der Waals surface area contributed by atoms with Crippen LogP contribution < -0.4 is 5.32 Å². The number of allylic oxidation sites excluding steroid dienone is 2. The zero-order chi connectivity index (χ0) is 6.74. The van der Waals surface area contributed by atoms with Crippen molar-refractivity contribution in [2.45, 2.75) is 5.18 Å². The Hall–Kier alpha value is -0.470. The van der Waals surface area contributed by atoms with Crippen molar-refractivity contribution in [3.05, 3.63) is 31.5 Å². The summed E-state index contributed by atoms with van der Waals surface area (Å²) in [6.07, 6.45) is 6.97. The molecular formula is C6H7ClNO. The van der Waals surface area contributed by atoms with E-state index < -0.39 is 5.18 Å². The van der Waals surface area contributed by atoms with Gasteiger partial charge in [-0.15, -0.1) is 0 Å². The monoisotopic (exact) mass is 144 g/mol. The molecule has 1 atom stereocenters. The highest BCUT2D eigenvalue weighted by Crippen LogP contribution is 2.16. The molecule has 1 heterocycles. The fraction of sp³-hybridized carbons (Fsp3) is 0.167. The topological polar surface area (TPSA) is 21.3 Å². The van der Waals surface area contributed by atoms with E-state index in [-0.39, 0.29) is 0 Å². The molecule has 0 aliphatic carbocycles. The van der Waals surface area contributed by atoms with Crippen molar-refractivity contribution in [2.75, 3.05) is 0 Å². The van der Waals surface area contributed by atoms with Crippen molar-refractivity contribution in [2.24, 2.45) is 0 Å². The highest BCUT2D eigenvalue weighted by molar-refractivity contribution is 6.24. The van der Waals surface area contributed by atoms with Crippen molar-refractivity contribution in [3.63, 3.8) is 0 Å². The molecule has 1 unspecified atom stereocenters. The molecule has 0 aromatic heterocycles. The van der Waals surface area contributed by atoms with Gasteiger partial charge < -0.3 is 10.1 Å². The Morgan fingerprint density at radius 3 is 2.67 bits per heavy atom. The Labute approximate surface area is 59.1 Å². The van der Waals surface area contributed by atoms with Gasteiger partial charge in [0.15, 0.2) is 0 Å². The van der Waals surface area contributed by atoms with Crippen LogP contribution in [0.3, 0.4) is 0 Å². The Bertz CT molecular complexity index is 155. The van der Waals surface area contributed by atoms with E-state index in [1.165, 1.54) is 0 Å². The van der Waals surface area contributed by atoms with Gasteiger partial charge in [-0.25, -0.2) is 0 Å². The van der Waals surface area contributed by atoms with Gasteiger partial charge in [0, 0.05) is 6.20 Å². The van der Waals surface area contributed by atoms with Crippen molar-refractivity contribution in [1.29, 1.82) is 0 Å². The van der Waals surface area contributed by atoms with Crippen LogP contribution >= 0.6 is 11.6 Å². The van der Waals surface area contributed by atoms with Crippen LogP contribution in [0.15, 0.2) is 24.4 Å². The van der Waals surface area contributed by atoms with Crippen LogP contribution in [0.4, 0.5) is 0 Å².